The van der Waals surface area contributed by atoms with Gasteiger partial charge in [0.25, 0.3) is 0 Å². The quantitative estimate of drug-likeness (QED) is 0.912. The molecule has 1 aliphatic rings. The molecule has 1 aliphatic heterocycles. The highest BCUT2D eigenvalue weighted by Crippen LogP contribution is 2.21. The Hall–Kier alpha value is -0.450. The predicted molar refractivity (Wildman–Crippen MR) is 87.6 cm³/mol. The molecule has 0 radical (unpaired) electrons. The van der Waals surface area contributed by atoms with Crippen molar-refractivity contribution in [2.75, 3.05) is 13.1 Å². The number of pyridine rings is 1. The number of piperazine rings is 1. The highest BCUT2D eigenvalue weighted by atomic mass is 79.9. The molecule has 1 aromatic rings. The first-order valence-corrected chi connectivity index (χ1v) is 8.33. The van der Waals surface area contributed by atoms with Gasteiger partial charge in [0.2, 0.25) is 0 Å². The lowest BCUT2D eigenvalue weighted by Gasteiger charge is -2.43. The maximum absolute atomic E-state index is 4.28. The van der Waals surface area contributed by atoms with Gasteiger partial charge in [0.05, 0.1) is 0 Å². The largest absolute Gasteiger partial charge is 0.311 e. The molecular formula is C16H26BrN3. The second kappa shape index (κ2) is 7.01. The molecule has 2 atom stereocenters. The number of nitrogens with zero attached hydrogens (tertiary/aromatic N) is 2. The first-order chi connectivity index (χ1) is 9.47. The number of halogens is 1. The normalized spacial score (nSPS) is 24.6. The van der Waals surface area contributed by atoms with Crippen LogP contribution in [0.3, 0.4) is 0 Å². The zero-order valence-electron chi connectivity index (χ0n) is 12.9. The molecule has 0 aromatic carbocycles. The molecule has 20 heavy (non-hydrogen) atoms. The lowest BCUT2D eigenvalue weighted by Crippen LogP contribution is -2.59. The first-order valence-electron chi connectivity index (χ1n) is 7.54. The molecule has 4 heteroatoms. The number of aromatic nitrogens is 1. The summed E-state index contributed by atoms with van der Waals surface area (Å²) in [6, 6.07) is 3.37. The van der Waals surface area contributed by atoms with Crippen LogP contribution in [-0.4, -0.2) is 35.1 Å². The van der Waals surface area contributed by atoms with E-state index in [0.717, 1.165) is 24.1 Å². The Kier molecular flexibility index (Phi) is 5.58. The van der Waals surface area contributed by atoms with E-state index in [1.54, 1.807) is 0 Å². The smallest absolute Gasteiger partial charge is 0.0410 e. The summed E-state index contributed by atoms with van der Waals surface area (Å²) in [5.41, 5.74) is 1.29. The summed E-state index contributed by atoms with van der Waals surface area (Å²) < 4.78 is 1.06. The van der Waals surface area contributed by atoms with Gasteiger partial charge in [-0.2, -0.15) is 0 Å². The number of hydrogen-bond acceptors (Lipinski definition) is 3. The van der Waals surface area contributed by atoms with Gasteiger partial charge < -0.3 is 5.32 Å². The molecule has 1 aromatic heterocycles. The van der Waals surface area contributed by atoms with Gasteiger partial charge in [-0.3, -0.25) is 9.88 Å². The minimum atomic E-state index is 0.588. The van der Waals surface area contributed by atoms with E-state index in [9.17, 15) is 0 Å². The van der Waals surface area contributed by atoms with Crippen molar-refractivity contribution in [2.24, 2.45) is 11.8 Å². The fraction of sp³-hybridized carbons (Fsp3) is 0.688. The molecule has 1 saturated heterocycles. The third-order valence-corrected chi connectivity index (χ3v) is 4.64. The number of hydrogen-bond donors (Lipinski definition) is 1. The van der Waals surface area contributed by atoms with Crippen LogP contribution in [0, 0.1) is 11.8 Å². The molecule has 2 unspecified atom stereocenters. The Morgan fingerprint density at radius 2 is 2.05 bits per heavy atom. The lowest BCUT2D eigenvalue weighted by molar-refractivity contribution is 0.0782. The van der Waals surface area contributed by atoms with E-state index < -0.39 is 0 Å². The lowest BCUT2D eigenvalue weighted by atomic mass is 9.94. The Labute approximate surface area is 131 Å². The minimum Gasteiger partial charge on any atom is -0.311 e. The van der Waals surface area contributed by atoms with E-state index in [0.29, 0.717) is 23.9 Å². The summed E-state index contributed by atoms with van der Waals surface area (Å²) in [5.74, 6) is 1.34. The van der Waals surface area contributed by atoms with Crippen LogP contribution >= 0.6 is 15.9 Å². The van der Waals surface area contributed by atoms with Crippen LogP contribution < -0.4 is 5.32 Å². The average Bonchev–Trinajstić information content (AvgIpc) is 2.38. The molecule has 112 valence electrons. The molecule has 3 nitrogen and oxygen atoms in total. The van der Waals surface area contributed by atoms with E-state index in [1.165, 1.54) is 5.56 Å². The van der Waals surface area contributed by atoms with Gasteiger partial charge in [0.15, 0.2) is 0 Å². The van der Waals surface area contributed by atoms with Gasteiger partial charge in [-0.25, -0.2) is 0 Å². The van der Waals surface area contributed by atoms with E-state index in [4.69, 9.17) is 0 Å². The van der Waals surface area contributed by atoms with Gasteiger partial charge in [0.1, 0.15) is 0 Å². The molecule has 2 rings (SSSR count). The zero-order valence-corrected chi connectivity index (χ0v) is 14.5. The highest BCUT2D eigenvalue weighted by molar-refractivity contribution is 9.10. The van der Waals surface area contributed by atoms with Crippen molar-refractivity contribution in [3.8, 4) is 0 Å². The molecule has 0 bridgehead atoms. The second-order valence-corrected chi connectivity index (χ2v) is 7.43. The fourth-order valence-corrected chi connectivity index (χ4v) is 3.33. The van der Waals surface area contributed by atoms with Crippen molar-refractivity contribution in [3.63, 3.8) is 0 Å². The maximum atomic E-state index is 4.28. The van der Waals surface area contributed by atoms with Crippen LogP contribution in [0.1, 0.15) is 33.3 Å². The van der Waals surface area contributed by atoms with Crippen LogP contribution in [0.2, 0.25) is 0 Å². The summed E-state index contributed by atoms with van der Waals surface area (Å²) in [5, 5.41) is 3.71. The SMILES string of the molecule is CC(C)C1CN(Cc2cncc(Br)c2)C(C(C)C)CN1. The summed E-state index contributed by atoms with van der Waals surface area (Å²) in [4.78, 5) is 6.90. The third-order valence-electron chi connectivity index (χ3n) is 4.21. The zero-order chi connectivity index (χ0) is 14.7. The molecule has 0 spiro atoms. The van der Waals surface area contributed by atoms with Crippen molar-refractivity contribution in [1.29, 1.82) is 0 Å². The summed E-state index contributed by atoms with van der Waals surface area (Å²) in [7, 11) is 0. The van der Waals surface area contributed by atoms with Crippen LogP contribution in [0.25, 0.3) is 0 Å². The number of nitrogens with one attached hydrogen (secondary N) is 1. The van der Waals surface area contributed by atoms with Crippen molar-refractivity contribution in [3.05, 3.63) is 28.5 Å². The molecule has 2 heterocycles. The van der Waals surface area contributed by atoms with Crippen LogP contribution in [0.5, 0.6) is 0 Å². The van der Waals surface area contributed by atoms with Gasteiger partial charge in [-0.1, -0.05) is 27.7 Å². The van der Waals surface area contributed by atoms with E-state index >= 15 is 0 Å². The predicted octanol–water partition coefficient (Wildman–Crippen LogP) is 3.30. The van der Waals surface area contributed by atoms with Crippen LogP contribution in [0.15, 0.2) is 22.9 Å². The van der Waals surface area contributed by atoms with Gasteiger partial charge in [0, 0.05) is 48.6 Å². The summed E-state index contributed by atoms with van der Waals surface area (Å²) in [6.45, 7) is 12.4. The van der Waals surface area contributed by atoms with Crippen LogP contribution in [0.4, 0.5) is 0 Å². The Morgan fingerprint density at radius 3 is 2.65 bits per heavy atom. The maximum Gasteiger partial charge on any atom is 0.0410 e. The van der Waals surface area contributed by atoms with Crippen molar-refractivity contribution in [2.45, 2.75) is 46.3 Å². The standard InChI is InChI=1S/C16H26BrN3/c1-11(2)15-10-20(16(8-19-15)12(3)4)9-13-5-14(17)7-18-6-13/h5-7,11-12,15-16,19H,8-10H2,1-4H3. The molecule has 0 amide bonds. The van der Waals surface area contributed by atoms with Crippen LogP contribution in [-0.2, 0) is 6.54 Å². The fourth-order valence-electron chi connectivity index (χ4n) is 2.92. The Bertz CT molecular complexity index is 433. The minimum absolute atomic E-state index is 0.588. The molecular weight excluding hydrogens is 314 g/mol. The third kappa shape index (κ3) is 4.03. The summed E-state index contributed by atoms with van der Waals surface area (Å²) in [6.07, 6.45) is 3.83. The van der Waals surface area contributed by atoms with Crippen molar-refractivity contribution < 1.29 is 0 Å². The van der Waals surface area contributed by atoms with Gasteiger partial charge >= 0.3 is 0 Å². The monoisotopic (exact) mass is 339 g/mol. The Morgan fingerprint density at radius 1 is 1.30 bits per heavy atom. The topological polar surface area (TPSA) is 28.2 Å². The summed E-state index contributed by atoms with van der Waals surface area (Å²) >= 11 is 3.51. The second-order valence-electron chi connectivity index (χ2n) is 6.51. The molecule has 0 aliphatic carbocycles. The molecule has 1 N–H and O–H groups in total. The highest BCUT2D eigenvalue weighted by Gasteiger charge is 2.30. The van der Waals surface area contributed by atoms with Crippen molar-refractivity contribution >= 4 is 15.9 Å². The van der Waals surface area contributed by atoms with E-state index in [1.807, 2.05) is 12.4 Å². The van der Waals surface area contributed by atoms with E-state index in [2.05, 4.69) is 64.9 Å². The first kappa shape index (κ1) is 15.9. The Balaban J connectivity index is 2.11. The van der Waals surface area contributed by atoms with E-state index in [-0.39, 0.29) is 0 Å². The molecule has 0 saturated carbocycles. The van der Waals surface area contributed by atoms with Gasteiger partial charge in [-0.05, 0) is 39.4 Å². The van der Waals surface area contributed by atoms with Gasteiger partial charge in [-0.15, -0.1) is 0 Å². The van der Waals surface area contributed by atoms with Crippen molar-refractivity contribution in [1.82, 2.24) is 15.2 Å². The average molecular weight is 340 g/mol. The molecule has 1 fully saturated rings. The number of rotatable bonds is 4.